The summed E-state index contributed by atoms with van der Waals surface area (Å²) in [5, 5.41) is 3.30. The number of carbonyl (C=O) groups is 1. The van der Waals surface area contributed by atoms with Crippen molar-refractivity contribution in [3.63, 3.8) is 0 Å². The molecule has 0 radical (unpaired) electrons. The number of benzene rings is 2. The van der Waals surface area contributed by atoms with Crippen LogP contribution in [0.15, 0.2) is 65.6 Å². The summed E-state index contributed by atoms with van der Waals surface area (Å²) in [6, 6.07) is 14.0. The second-order valence-corrected chi connectivity index (χ2v) is 6.34. The Morgan fingerprint density at radius 2 is 1.96 bits per heavy atom. The van der Waals surface area contributed by atoms with Crippen LogP contribution in [0.1, 0.15) is 21.5 Å². The van der Waals surface area contributed by atoms with Crippen LogP contribution in [0.5, 0.6) is 0 Å². The highest BCUT2D eigenvalue weighted by Crippen LogP contribution is 2.20. The smallest absolute Gasteiger partial charge is 0.257 e. The molecule has 0 atom stereocenters. The number of halogens is 2. The molecular weight excluding hydrogens is 355 g/mol. The second-order valence-electron chi connectivity index (χ2n) is 5.93. The lowest BCUT2D eigenvalue weighted by Crippen LogP contribution is -2.22. The Kier molecular flexibility index (Phi) is 5.19. The average Bonchev–Trinajstić information content (AvgIpc) is 2.60. The molecule has 0 aliphatic carbocycles. The van der Waals surface area contributed by atoms with Crippen LogP contribution in [0.2, 0.25) is 5.02 Å². The van der Waals surface area contributed by atoms with Gasteiger partial charge in [-0.25, -0.2) is 4.39 Å². The molecule has 3 rings (SSSR count). The predicted molar refractivity (Wildman–Crippen MR) is 100 cm³/mol. The predicted octanol–water partition coefficient (Wildman–Crippen LogP) is 4.25. The summed E-state index contributed by atoms with van der Waals surface area (Å²) in [6.45, 7) is 2.05. The van der Waals surface area contributed by atoms with Crippen LogP contribution in [0.3, 0.4) is 0 Å². The molecule has 0 aliphatic heterocycles. The Bertz CT molecular complexity index is 1030. The summed E-state index contributed by atoms with van der Waals surface area (Å²) in [7, 11) is 0. The number of nitrogens with zero attached hydrogens (tertiary/aromatic N) is 1. The van der Waals surface area contributed by atoms with Gasteiger partial charge in [0.25, 0.3) is 11.5 Å². The maximum atomic E-state index is 13.3. The van der Waals surface area contributed by atoms with Gasteiger partial charge in [0, 0.05) is 23.0 Å². The van der Waals surface area contributed by atoms with Crippen molar-refractivity contribution in [3.8, 4) is 0 Å². The van der Waals surface area contributed by atoms with Crippen LogP contribution >= 0.6 is 11.6 Å². The number of amides is 1. The average molecular weight is 371 g/mol. The second kappa shape index (κ2) is 7.54. The summed E-state index contributed by atoms with van der Waals surface area (Å²) in [6.07, 6.45) is 1.46. The van der Waals surface area contributed by atoms with Gasteiger partial charge >= 0.3 is 0 Å². The fourth-order valence-electron chi connectivity index (χ4n) is 2.50. The Morgan fingerprint density at radius 3 is 2.69 bits per heavy atom. The van der Waals surface area contributed by atoms with E-state index < -0.39 is 0 Å². The van der Waals surface area contributed by atoms with Crippen molar-refractivity contribution in [2.75, 3.05) is 5.32 Å². The number of carbonyl (C=O) groups excluding carboxylic acids is 1. The first-order valence-electron chi connectivity index (χ1n) is 7.95. The Labute approximate surface area is 154 Å². The highest BCUT2D eigenvalue weighted by Gasteiger charge is 2.09. The van der Waals surface area contributed by atoms with Crippen molar-refractivity contribution in [3.05, 3.63) is 98.7 Å². The van der Waals surface area contributed by atoms with E-state index in [9.17, 15) is 14.0 Å². The molecule has 0 fully saturated rings. The molecule has 4 nitrogen and oxygen atoms in total. The fraction of sp³-hybridized carbons (Fsp3) is 0.100. The Balaban J connectivity index is 1.83. The molecule has 26 heavy (non-hydrogen) atoms. The Hall–Kier alpha value is -2.92. The first-order valence-corrected chi connectivity index (χ1v) is 8.32. The van der Waals surface area contributed by atoms with E-state index in [1.54, 1.807) is 24.3 Å². The van der Waals surface area contributed by atoms with Gasteiger partial charge < -0.3 is 9.88 Å². The van der Waals surface area contributed by atoms with E-state index in [2.05, 4.69) is 5.32 Å². The zero-order chi connectivity index (χ0) is 18.7. The molecule has 3 aromatic rings. The maximum absolute atomic E-state index is 13.3. The van der Waals surface area contributed by atoms with Crippen molar-refractivity contribution in [2.45, 2.75) is 13.5 Å². The zero-order valence-electron chi connectivity index (χ0n) is 14.0. The van der Waals surface area contributed by atoms with E-state index in [1.165, 1.54) is 35.0 Å². The van der Waals surface area contributed by atoms with Gasteiger partial charge in [-0.3, -0.25) is 9.59 Å². The van der Waals surface area contributed by atoms with E-state index in [-0.39, 0.29) is 23.8 Å². The molecule has 0 bridgehead atoms. The molecule has 1 amide bonds. The van der Waals surface area contributed by atoms with Gasteiger partial charge in [0.05, 0.1) is 12.1 Å². The standard InChI is InChI=1S/C20H16ClFN2O2/c1-13-5-7-17(10-18(13)21)23-20(26)15-6-8-19(25)24(12-15)11-14-3-2-4-16(22)9-14/h2-10,12H,11H2,1H3,(H,23,26). The van der Waals surface area contributed by atoms with Gasteiger partial charge in [-0.1, -0.05) is 29.8 Å². The highest BCUT2D eigenvalue weighted by molar-refractivity contribution is 6.31. The van der Waals surface area contributed by atoms with Crippen molar-refractivity contribution in [1.29, 1.82) is 0 Å². The topological polar surface area (TPSA) is 51.1 Å². The monoisotopic (exact) mass is 370 g/mol. The van der Waals surface area contributed by atoms with Crippen molar-refractivity contribution < 1.29 is 9.18 Å². The van der Waals surface area contributed by atoms with E-state index in [0.717, 1.165) is 5.56 Å². The van der Waals surface area contributed by atoms with E-state index in [0.29, 0.717) is 21.8 Å². The molecule has 0 unspecified atom stereocenters. The van der Waals surface area contributed by atoms with Crippen LogP contribution < -0.4 is 10.9 Å². The lowest BCUT2D eigenvalue weighted by atomic mass is 10.2. The zero-order valence-corrected chi connectivity index (χ0v) is 14.8. The number of aromatic nitrogens is 1. The number of anilines is 1. The molecular formula is C20H16ClFN2O2. The largest absolute Gasteiger partial charge is 0.322 e. The van der Waals surface area contributed by atoms with Crippen LogP contribution in [-0.2, 0) is 6.54 Å². The first kappa shape index (κ1) is 17.9. The van der Waals surface area contributed by atoms with E-state index >= 15 is 0 Å². The number of aryl methyl sites for hydroxylation is 1. The maximum Gasteiger partial charge on any atom is 0.257 e. The molecule has 6 heteroatoms. The third kappa shape index (κ3) is 4.18. The highest BCUT2D eigenvalue weighted by atomic mass is 35.5. The van der Waals surface area contributed by atoms with Gasteiger partial charge in [-0.15, -0.1) is 0 Å². The number of rotatable bonds is 4. The first-order chi connectivity index (χ1) is 12.4. The minimum atomic E-state index is -0.374. The minimum absolute atomic E-state index is 0.175. The number of nitrogens with one attached hydrogen (secondary N) is 1. The quantitative estimate of drug-likeness (QED) is 0.746. The van der Waals surface area contributed by atoms with Crippen LogP contribution in [-0.4, -0.2) is 10.5 Å². The molecule has 0 saturated heterocycles. The van der Waals surface area contributed by atoms with Gasteiger partial charge in [-0.05, 0) is 48.4 Å². The summed E-state index contributed by atoms with van der Waals surface area (Å²) >= 11 is 6.06. The molecule has 0 spiro atoms. The van der Waals surface area contributed by atoms with Gasteiger partial charge in [-0.2, -0.15) is 0 Å². The SMILES string of the molecule is Cc1ccc(NC(=O)c2ccc(=O)n(Cc3cccc(F)c3)c2)cc1Cl. The lowest BCUT2D eigenvalue weighted by Gasteiger charge is -2.10. The van der Waals surface area contributed by atoms with E-state index in [4.69, 9.17) is 11.6 Å². The van der Waals surface area contributed by atoms with Gasteiger partial charge in [0.15, 0.2) is 0 Å². The lowest BCUT2D eigenvalue weighted by molar-refractivity contribution is 0.102. The molecule has 132 valence electrons. The summed E-state index contributed by atoms with van der Waals surface area (Å²) in [5.41, 5.74) is 2.15. The Morgan fingerprint density at radius 1 is 1.15 bits per heavy atom. The number of pyridine rings is 1. The van der Waals surface area contributed by atoms with Crippen molar-refractivity contribution >= 4 is 23.2 Å². The summed E-state index contributed by atoms with van der Waals surface area (Å²) < 4.78 is 14.7. The molecule has 1 heterocycles. The summed E-state index contributed by atoms with van der Waals surface area (Å²) in [4.78, 5) is 24.5. The fourth-order valence-corrected chi connectivity index (χ4v) is 2.68. The van der Waals surface area contributed by atoms with Gasteiger partial charge in [0.1, 0.15) is 5.82 Å². The van der Waals surface area contributed by atoms with Gasteiger partial charge in [0.2, 0.25) is 0 Å². The molecule has 1 N–H and O–H groups in total. The molecule has 0 saturated carbocycles. The summed E-state index contributed by atoms with van der Waals surface area (Å²) in [5.74, 6) is -0.737. The normalized spacial score (nSPS) is 10.6. The molecule has 2 aromatic carbocycles. The third-order valence-electron chi connectivity index (χ3n) is 3.92. The van der Waals surface area contributed by atoms with Crippen LogP contribution in [0, 0.1) is 12.7 Å². The van der Waals surface area contributed by atoms with Crippen molar-refractivity contribution in [1.82, 2.24) is 4.57 Å². The third-order valence-corrected chi connectivity index (χ3v) is 4.32. The van der Waals surface area contributed by atoms with E-state index in [1.807, 2.05) is 13.0 Å². The number of hydrogen-bond donors (Lipinski definition) is 1. The molecule has 1 aromatic heterocycles. The molecule has 0 aliphatic rings. The van der Waals surface area contributed by atoms with Crippen LogP contribution in [0.25, 0.3) is 0 Å². The van der Waals surface area contributed by atoms with Crippen LogP contribution in [0.4, 0.5) is 10.1 Å². The number of hydrogen-bond acceptors (Lipinski definition) is 2. The van der Waals surface area contributed by atoms with Crippen molar-refractivity contribution in [2.24, 2.45) is 0 Å². The minimum Gasteiger partial charge on any atom is -0.322 e.